The van der Waals surface area contributed by atoms with Crippen LogP contribution in [0.5, 0.6) is 0 Å². The van der Waals surface area contributed by atoms with Crippen molar-refractivity contribution in [1.29, 1.82) is 0 Å². The summed E-state index contributed by atoms with van der Waals surface area (Å²) in [6.07, 6.45) is 1.87. The molecule has 3 nitrogen and oxygen atoms in total. The lowest BCUT2D eigenvalue weighted by Crippen LogP contribution is -1.97. The highest BCUT2D eigenvalue weighted by molar-refractivity contribution is 6.03. The van der Waals surface area contributed by atoms with Gasteiger partial charge in [-0.1, -0.05) is 78.9 Å². The predicted octanol–water partition coefficient (Wildman–Crippen LogP) is 7.27. The van der Waals surface area contributed by atoms with Crippen LogP contribution in [0.25, 0.3) is 33.3 Å². The molecule has 0 aliphatic rings. The van der Waals surface area contributed by atoms with Crippen LogP contribution < -0.4 is 0 Å². The molecule has 5 rings (SSSR count). The summed E-state index contributed by atoms with van der Waals surface area (Å²) in [4.78, 5) is 9.80. The normalized spacial score (nSPS) is 11.5. The summed E-state index contributed by atoms with van der Waals surface area (Å²) in [5, 5.41) is 0. The van der Waals surface area contributed by atoms with Crippen molar-refractivity contribution in [3.05, 3.63) is 108 Å². The summed E-state index contributed by atoms with van der Waals surface area (Å²) in [6, 6.07) is 31.7. The summed E-state index contributed by atoms with van der Waals surface area (Å²) in [6.45, 7) is 4.19. The van der Waals surface area contributed by atoms with Crippen LogP contribution >= 0.6 is 0 Å². The van der Waals surface area contributed by atoms with E-state index in [2.05, 4.69) is 104 Å². The standard InChI is InChI=1S/C29H25N3/c1-20-16-21(2)18-24(17-20)30-19-27-31-28-25(22-10-6-4-7-11-22)14-15-26(29(28)32(27)3)23-12-8-5-9-13-23/h4-19H,1-3H3. The Morgan fingerprint density at radius 3 is 1.91 bits per heavy atom. The van der Waals surface area contributed by atoms with E-state index in [-0.39, 0.29) is 0 Å². The number of benzene rings is 4. The van der Waals surface area contributed by atoms with Gasteiger partial charge in [-0.3, -0.25) is 4.99 Å². The van der Waals surface area contributed by atoms with E-state index in [4.69, 9.17) is 9.98 Å². The Bertz CT molecular complexity index is 1410. The first-order valence-electron chi connectivity index (χ1n) is 10.8. The Morgan fingerprint density at radius 1 is 0.719 bits per heavy atom. The average molecular weight is 416 g/mol. The molecule has 3 heteroatoms. The Hall–Kier alpha value is -3.98. The van der Waals surface area contributed by atoms with E-state index in [9.17, 15) is 0 Å². The molecule has 1 aromatic heterocycles. The predicted molar refractivity (Wildman–Crippen MR) is 135 cm³/mol. The van der Waals surface area contributed by atoms with Crippen LogP contribution in [0.4, 0.5) is 5.69 Å². The molecule has 0 atom stereocenters. The van der Waals surface area contributed by atoms with Gasteiger partial charge in [-0.05, 0) is 48.2 Å². The third kappa shape index (κ3) is 3.74. The highest BCUT2D eigenvalue weighted by Crippen LogP contribution is 2.35. The van der Waals surface area contributed by atoms with Crippen LogP contribution in [0.15, 0.2) is 96.0 Å². The molecule has 0 bridgehead atoms. The first-order valence-corrected chi connectivity index (χ1v) is 10.8. The smallest absolute Gasteiger partial charge is 0.152 e. The van der Waals surface area contributed by atoms with E-state index >= 15 is 0 Å². The molecule has 0 N–H and O–H groups in total. The van der Waals surface area contributed by atoms with Crippen molar-refractivity contribution in [2.45, 2.75) is 13.8 Å². The molecular formula is C29H25N3. The fourth-order valence-corrected chi connectivity index (χ4v) is 4.31. The zero-order valence-electron chi connectivity index (χ0n) is 18.6. The first kappa shape index (κ1) is 20.0. The monoisotopic (exact) mass is 415 g/mol. The van der Waals surface area contributed by atoms with Crippen LogP contribution in [0.3, 0.4) is 0 Å². The van der Waals surface area contributed by atoms with E-state index in [1.807, 2.05) is 18.3 Å². The summed E-state index contributed by atoms with van der Waals surface area (Å²) in [5.74, 6) is 0.833. The third-order valence-corrected chi connectivity index (χ3v) is 5.76. The molecule has 0 fully saturated rings. The zero-order chi connectivity index (χ0) is 22.1. The summed E-state index contributed by atoms with van der Waals surface area (Å²) in [5.41, 5.74) is 10.1. The molecule has 32 heavy (non-hydrogen) atoms. The fourth-order valence-electron chi connectivity index (χ4n) is 4.31. The molecule has 0 saturated heterocycles. The molecular weight excluding hydrogens is 390 g/mol. The van der Waals surface area contributed by atoms with Crippen molar-refractivity contribution >= 4 is 22.9 Å². The summed E-state index contributed by atoms with van der Waals surface area (Å²) in [7, 11) is 2.07. The molecule has 0 radical (unpaired) electrons. The van der Waals surface area contributed by atoms with Gasteiger partial charge in [-0.2, -0.15) is 0 Å². The highest BCUT2D eigenvalue weighted by atomic mass is 15.1. The Labute approximate surface area is 188 Å². The summed E-state index contributed by atoms with van der Waals surface area (Å²) >= 11 is 0. The maximum absolute atomic E-state index is 5.05. The molecule has 0 saturated carbocycles. The number of aromatic nitrogens is 2. The van der Waals surface area contributed by atoms with Gasteiger partial charge in [-0.15, -0.1) is 0 Å². The van der Waals surface area contributed by atoms with Crippen LogP contribution in [-0.4, -0.2) is 15.8 Å². The third-order valence-electron chi connectivity index (χ3n) is 5.76. The largest absolute Gasteiger partial charge is 0.326 e. The number of aryl methyl sites for hydroxylation is 3. The van der Waals surface area contributed by atoms with Crippen molar-refractivity contribution < 1.29 is 0 Å². The molecule has 1 heterocycles. The molecule has 0 spiro atoms. The molecule has 5 aromatic rings. The lowest BCUT2D eigenvalue weighted by Gasteiger charge is -2.10. The minimum atomic E-state index is 0.833. The Kier molecular flexibility index (Phi) is 5.16. The molecule has 0 aliphatic carbocycles. The number of fused-ring (bicyclic) bond motifs is 1. The van der Waals surface area contributed by atoms with Crippen LogP contribution in [0.1, 0.15) is 17.0 Å². The minimum Gasteiger partial charge on any atom is -0.326 e. The van der Waals surface area contributed by atoms with Gasteiger partial charge in [0.05, 0.1) is 22.9 Å². The van der Waals surface area contributed by atoms with Crippen molar-refractivity contribution in [3.63, 3.8) is 0 Å². The number of rotatable bonds is 4. The van der Waals surface area contributed by atoms with Gasteiger partial charge in [0.2, 0.25) is 0 Å². The van der Waals surface area contributed by atoms with E-state index in [0.717, 1.165) is 33.7 Å². The number of nitrogens with zero attached hydrogens (tertiary/aromatic N) is 3. The number of imidazole rings is 1. The maximum Gasteiger partial charge on any atom is 0.152 e. The SMILES string of the molecule is Cc1cc(C)cc(N=Cc2nc3c(-c4ccccc4)ccc(-c4ccccc4)c3n2C)c1. The Balaban J connectivity index is 1.71. The second-order valence-electron chi connectivity index (χ2n) is 8.22. The van der Waals surface area contributed by atoms with Crippen molar-refractivity contribution in [1.82, 2.24) is 9.55 Å². The molecule has 0 amide bonds. The van der Waals surface area contributed by atoms with Gasteiger partial charge in [-0.25, -0.2) is 4.98 Å². The zero-order valence-corrected chi connectivity index (χ0v) is 18.6. The highest BCUT2D eigenvalue weighted by Gasteiger charge is 2.16. The number of hydrogen-bond donors (Lipinski definition) is 0. The maximum atomic E-state index is 5.05. The lowest BCUT2D eigenvalue weighted by molar-refractivity contribution is 0.935. The van der Waals surface area contributed by atoms with Gasteiger partial charge in [0, 0.05) is 18.2 Å². The van der Waals surface area contributed by atoms with E-state index in [1.165, 1.54) is 22.3 Å². The van der Waals surface area contributed by atoms with Crippen molar-refractivity contribution in [2.24, 2.45) is 12.0 Å². The van der Waals surface area contributed by atoms with Gasteiger partial charge in [0.25, 0.3) is 0 Å². The topological polar surface area (TPSA) is 30.2 Å². The van der Waals surface area contributed by atoms with Gasteiger partial charge in [0.15, 0.2) is 5.82 Å². The molecule has 0 unspecified atom stereocenters. The second kappa shape index (κ2) is 8.27. The van der Waals surface area contributed by atoms with Crippen LogP contribution in [0, 0.1) is 13.8 Å². The van der Waals surface area contributed by atoms with E-state index < -0.39 is 0 Å². The van der Waals surface area contributed by atoms with Gasteiger partial charge < -0.3 is 4.57 Å². The van der Waals surface area contributed by atoms with Gasteiger partial charge in [0.1, 0.15) is 0 Å². The van der Waals surface area contributed by atoms with Crippen LogP contribution in [0.2, 0.25) is 0 Å². The van der Waals surface area contributed by atoms with Crippen molar-refractivity contribution in [3.8, 4) is 22.3 Å². The molecule has 156 valence electrons. The van der Waals surface area contributed by atoms with Crippen molar-refractivity contribution in [2.75, 3.05) is 0 Å². The number of aliphatic imine (C=N–C) groups is 1. The average Bonchev–Trinajstić information content (AvgIpc) is 3.14. The fraction of sp³-hybridized carbons (Fsp3) is 0.103. The lowest BCUT2D eigenvalue weighted by atomic mass is 9.98. The molecule has 4 aromatic carbocycles. The second-order valence-corrected chi connectivity index (χ2v) is 8.22. The summed E-state index contributed by atoms with van der Waals surface area (Å²) < 4.78 is 2.15. The Morgan fingerprint density at radius 2 is 1.28 bits per heavy atom. The van der Waals surface area contributed by atoms with Gasteiger partial charge >= 0.3 is 0 Å². The quantitative estimate of drug-likeness (QED) is 0.284. The minimum absolute atomic E-state index is 0.833. The van der Waals surface area contributed by atoms with E-state index in [0.29, 0.717) is 0 Å². The van der Waals surface area contributed by atoms with Crippen LogP contribution in [-0.2, 0) is 7.05 Å². The molecule has 0 aliphatic heterocycles. The number of hydrogen-bond acceptors (Lipinski definition) is 2. The first-order chi connectivity index (χ1) is 15.6. The van der Waals surface area contributed by atoms with E-state index in [1.54, 1.807) is 0 Å².